The highest BCUT2D eigenvalue weighted by Crippen LogP contribution is 2.13. The maximum absolute atomic E-state index is 11.7. The van der Waals surface area contributed by atoms with Gasteiger partial charge in [0.1, 0.15) is 0 Å². The van der Waals surface area contributed by atoms with Gasteiger partial charge in [0.15, 0.2) is 0 Å². The number of amides is 1. The molecule has 34 heavy (non-hydrogen) atoms. The highest BCUT2D eigenvalue weighted by molar-refractivity contribution is 5.66. The molecule has 0 heterocycles. The molecule has 3 heteroatoms. The first-order valence-electron chi connectivity index (χ1n) is 15.7. The number of rotatable bonds is 28. The summed E-state index contributed by atoms with van der Waals surface area (Å²) in [5, 5.41) is 2.91. The van der Waals surface area contributed by atoms with Crippen molar-refractivity contribution in [1.82, 2.24) is 5.32 Å². The van der Waals surface area contributed by atoms with E-state index >= 15 is 0 Å². The molecule has 0 rings (SSSR count). The Labute approximate surface area is 215 Å². The fourth-order valence-electron chi connectivity index (χ4n) is 4.67. The molecule has 0 saturated carbocycles. The number of ether oxygens (including phenoxy) is 1. The second-order valence-corrected chi connectivity index (χ2v) is 10.5. The van der Waals surface area contributed by atoms with Crippen LogP contribution in [0.4, 0.5) is 4.79 Å². The molecule has 204 valence electrons. The predicted molar refractivity (Wildman–Crippen MR) is 151 cm³/mol. The molecule has 1 amide bonds. The number of hydrogen-bond acceptors (Lipinski definition) is 2. The van der Waals surface area contributed by atoms with Crippen LogP contribution in [0.25, 0.3) is 0 Å². The summed E-state index contributed by atoms with van der Waals surface area (Å²) in [6.07, 6.45) is 34.8. The lowest BCUT2D eigenvalue weighted by Gasteiger charge is -2.07. The van der Waals surface area contributed by atoms with Gasteiger partial charge in [0.25, 0.3) is 0 Å². The summed E-state index contributed by atoms with van der Waals surface area (Å²) in [6, 6.07) is 0. The average Bonchev–Trinajstić information content (AvgIpc) is 2.84. The topological polar surface area (TPSA) is 38.3 Å². The zero-order valence-corrected chi connectivity index (χ0v) is 23.6. The standard InChI is InChI=1S/C31H63NO2/c1-3-5-7-9-11-13-15-17-18-20-22-24-26-28-30-34-31(33)32-29-27-25-23-21-19-16-14-12-10-8-6-4-2/h3-30H2,1-2H3,(H,32,33). The zero-order chi connectivity index (χ0) is 24.8. The SMILES string of the molecule is CCCCCCCCCCCCCCCCOC(=O)NCCCCCCCCCCCCCC. The molecule has 0 aromatic carbocycles. The Morgan fingerprint density at radius 2 is 0.735 bits per heavy atom. The van der Waals surface area contributed by atoms with Gasteiger partial charge in [0, 0.05) is 6.54 Å². The molecule has 0 bridgehead atoms. The lowest BCUT2D eigenvalue weighted by Crippen LogP contribution is -2.25. The molecule has 0 spiro atoms. The van der Waals surface area contributed by atoms with Gasteiger partial charge in [0.05, 0.1) is 6.61 Å². The molecule has 0 aliphatic rings. The minimum atomic E-state index is -0.224. The maximum Gasteiger partial charge on any atom is 0.407 e. The Morgan fingerprint density at radius 1 is 0.441 bits per heavy atom. The van der Waals surface area contributed by atoms with E-state index in [1.165, 1.54) is 154 Å². The van der Waals surface area contributed by atoms with Crippen molar-refractivity contribution in [2.24, 2.45) is 0 Å². The Hall–Kier alpha value is -0.730. The van der Waals surface area contributed by atoms with Crippen LogP contribution < -0.4 is 5.32 Å². The van der Waals surface area contributed by atoms with E-state index in [9.17, 15) is 4.79 Å². The van der Waals surface area contributed by atoms with Crippen molar-refractivity contribution in [2.75, 3.05) is 13.2 Å². The summed E-state index contributed by atoms with van der Waals surface area (Å²) < 4.78 is 5.31. The van der Waals surface area contributed by atoms with E-state index < -0.39 is 0 Å². The largest absolute Gasteiger partial charge is 0.450 e. The highest BCUT2D eigenvalue weighted by atomic mass is 16.5. The Balaban J connectivity index is 3.14. The number of nitrogens with one attached hydrogen (secondary N) is 1. The van der Waals surface area contributed by atoms with Gasteiger partial charge < -0.3 is 10.1 Å². The molecule has 0 aliphatic carbocycles. The third-order valence-electron chi connectivity index (χ3n) is 7.03. The number of carbonyl (C=O) groups excluding carboxylic acids is 1. The van der Waals surface area contributed by atoms with Gasteiger partial charge in [-0.05, 0) is 12.8 Å². The van der Waals surface area contributed by atoms with Gasteiger partial charge in [-0.15, -0.1) is 0 Å². The van der Waals surface area contributed by atoms with E-state index in [1.807, 2.05) is 0 Å². The van der Waals surface area contributed by atoms with Crippen LogP contribution in [0.3, 0.4) is 0 Å². The Bertz CT molecular complexity index is 386. The monoisotopic (exact) mass is 481 g/mol. The first-order chi connectivity index (χ1) is 16.8. The minimum absolute atomic E-state index is 0.224. The van der Waals surface area contributed by atoms with Crippen molar-refractivity contribution in [3.05, 3.63) is 0 Å². The van der Waals surface area contributed by atoms with Crippen molar-refractivity contribution in [3.63, 3.8) is 0 Å². The van der Waals surface area contributed by atoms with Crippen LogP contribution in [-0.2, 0) is 4.74 Å². The molecule has 0 aromatic heterocycles. The summed E-state index contributed by atoms with van der Waals surface area (Å²) in [5.74, 6) is 0. The van der Waals surface area contributed by atoms with E-state index in [0.29, 0.717) is 6.61 Å². The first-order valence-corrected chi connectivity index (χ1v) is 15.7. The van der Waals surface area contributed by atoms with Gasteiger partial charge in [-0.25, -0.2) is 4.79 Å². The highest BCUT2D eigenvalue weighted by Gasteiger charge is 2.01. The summed E-state index contributed by atoms with van der Waals surface area (Å²) in [4.78, 5) is 11.7. The van der Waals surface area contributed by atoms with Crippen LogP contribution in [0.15, 0.2) is 0 Å². The van der Waals surface area contributed by atoms with Crippen LogP contribution in [-0.4, -0.2) is 19.2 Å². The fraction of sp³-hybridized carbons (Fsp3) is 0.968. The summed E-state index contributed by atoms with van der Waals surface area (Å²) in [6.45, 7) is 5.89. The van der Waals surface area contributed by atoms with E-state index in [1.54, 1.807) is 0 Å². The molecule has 0 unspecified atom stereocenters. The van der Waals surface area contributed by atoms with Gasteiger partial charge in [-0.3, -0.25) is 0 Å². The molecule has 3 nitrogen and oxygen atoms in total. The van der Waals surface area contributed by atoms with Crippen molar-refractivity contribution >= 4 is 6.09 Å². The Morgan fingerprint density at radius 3 is 1.09 bits per heavy atom. The summed E-state index contributed by atoms with van der Waals surface area (Å²) in [5.41, 5.74) is 0. The molecule has 0 aromatic rings. The lowest BCUT2D eigenvalue weighted by molar-refractivity contribution is 0.143. The zero-order valence-electron chi connectivity index (χ0n) is 23.6. The van der Waals surface area contributed by atoms with Crippen LogP contribution in [0.2, 0.25) is 0 Å². The quantitative estimate of drug-likeness (QED) is 0.113. The van der Waals surface area contributed by atoms with Gasteiger partial charge in [-0.2, -0.15) is 0 Å². The third-order valence-corrected chi connectivity index (χ3v) is 7.03. The average molecular weight is 482 g/mol. The maximum atomic E-state index is 11.7. The smallest absolute Gasteiger partial charge is 0.407 e. The molecule has 0 radical (unpaired) electrons. The van der Waals surface area contributed by atoms with E-state index in [0.717, 1.165) is 19.4 Å². The molecular weight excluding hydrogens is 418 g/mol. The van der Waals surface area contributed by atoms with Crippen LogP contribution in [0.5, 0.6) is 0 Å². The Kier molecular flexibility index (Phi) is 29.7. The van der Waals surface area contributed by atoms with Crippen molar-refractivity contribution in [3.8, 4) is 0 Å². The second-order valence-electron chi connectivity index (χ2n) is 10.5. The lowest BCUT2D eigenvalue weighted by atomic mass is 10.0. The van der Waals surface area contributed by atoms with Gasteiger partial charge in [0.2, 0.25) is 0 Å². The number of alkyl carbamates (subject to hydrolysis) is 1. The normalized spacial score (nSPS) is 11.1. The van der Waals surface area contributed by atoms with E-state index in [4.69, 9.17) is 4.74 Å². The summed E-state index contributed by atoms with van der Waals surface area (Å²) >= 11 is 0. The van der Waals surface area contributed by atoms with Crippen molar-refractivity contribution in [1.29, 1.82) is 0 Å². The molecular formula is C31H63NO2. The van der Waals surface area contributed by atoms with Gasteiger partial charge >= 0.3 is 6.09 Å². The third kappa shape index (κ3) is 29.3. The predicted octanol–water partition coefficient (Wildman–Crippen LogP) is 10.9. The van der Waals surface area contributed by atoms with Crippen LogP contribution >= 0.6 is 0 Å². The van der Waals surface area contributed by atoms with Crippen LogP contribution in [0.1, 0.15) is 181 Å². The number of carbonyl (C=O) groups is 1. The number of hydrogen-bond donors (Lipinski definition) is 1. The molecule has 0 atom stereocenters. The number of unbranched alkanes of at least 4 members (excludes halogenated alkanes) is 24. The molecule has 0 saturated heterocycles. The fourth-order valence-corrected chi connectivity index (χ4v) is 4.67. The van der Waals surface area contributed by atoms with E-state index in [-0.39, 0.29) is 6.09 Å². The van der Waals surface area contributed by atoms with Crippen molar-refractivity contribution in [2.45, 2.75) is 181 Å². The molecule has 0 fully saturated rings. The minimum Gasteiger partial charge on any atom is -0.450 e. The first kappa shape index (κ1) is 33.3. The van der Waals surface area contributed by atoms with Gasteiger partial charge in [-0.1, -0.05) is 168 Å². The van der Waals surface area contributed by atoms with Crippen LogP contribution in [0, 0.1) is 0 Å². The van der Waals surface area contributed by atoms with E-state index in [2.05, 4.69) is 19.2 Å². The second kappa shape index (κ2) is 30.3. The molecule has 1 N–H and O–H groups in total. The van der Waals surface area contributed by atoms with Crippen molar-refractivity contribution < 1.29 is 9.53 Å². The molecule has 0 aliphatic heterocycles. The summed E-state index contributed by atoms with van der Waals surface area (Å²) in [7, 11) is 0.